The van der Waals surface area contributed by atoms with Crippen LogP contribution in [0.4, 0.5) is 4.39 Å². The number of nitrogens with one attached hydrogen (secondary N) is 1. The average molecular weight is 284 g/mol. The van der Waals surface area contributed by atoms with Gasteiger partial charge in [0.15, 0.2) is 0 Å². The van der Waals surface area contributed by atoms with Crippen molar-refractivity contribution < 1.29 is 4.39 Å². The number of nitrogens with zero attached hydrogens (tertiary/aromatic N) is 1. The third-order valence-electron chi connectivity index (χ3n) is 4.06. The molecule has 1 aliphatic heterocycles. The second-order valence-corrected chi connectivity index (χ2v) is 5.81. The Kier molecular flexibility index (Phi) is 4.04. The number of hydrogen-bond donors (Lipinski definition) is 1. The number of rotatable bonds is 5. The van der Waals surface area contributed by atoms with E-state index in [4.69, 9.17) is 0 Å². The maximum Gasteiger partial charge on any atom is 0.148 e. The first-order chi connectivity index (χ1) is 10.2. The molecule has 0 spiro atoms. The molecule has 0 atom stereocenters. The summed E-state index contributed by atoms with van der Waals surface area (Å²) in [4.78, 5) is 2.21. The van der Waals surface area contributed by atoms with Crippen LogP contribution < -0.4 is 5.32 Å². The lowest BCUT2D eigenvalue weighted by molar-refractivity contribution is -0.0468. The molecule has 3 rings (SSSR count). The second kappa shape index (κ2) is 5.96. The summed E-state index contributed by atoms with van der Waals surface area (Å²) >= 11 is 0. The highest BCUT2D eigenvalue weighted by Gasteiger charge is 2.46. The molecule has 0 unspecified atom stereocenters. The van der Waals surface area contributed by atoms with Gasteiger partial charge in [0.05, 0.1) is 6.04 Å². The quantitative estimate of drug-likeness (QED) is 0.908. The fourth-order valence-electron chi connectivity index (χ4n) is 3.18. The number of alkyl halides is 1. The smallest absolute Gasteiger partial charge is 0.148 e. The zero-order valence-corrected chi connectivity index (χ0v) is 12.3. The molecule has 2 aromatic carbocycles. The van der Waals surface area contributed by atoms with Crippen molar-refractivity contribution in [2.45, 2.75) is 11.7 Å². The minimum atomic E-state index is -1.10. The highest BCUT2D eigenvalue weighted by atomic mass is 19.1. The summed E-state index contributed by atoms with van der Waals surface area (Å²) in [5, 5.41) is 2.95. The van der Waals surface area contributed by atoms with Gasteiger partial charge in [0.2, 0.25) is 0 Å². The van der Waals surface area contributed by atoms with Crippen LogP contribution in [-0.4, -0.2) is 37.3 Å². The normalized spacial score (nSPS) is 17.7. The Bertz CT molecular complexity index is 525. The molecule has 1 fully saturated rings. The van der Waals surface area contributed by atoms with E-state index < -0.39 is 5.67 Å². The van der Waals surface area contributed by atoms with Crippen LogP contribution in [0.25, 0.3) is 0 Å². The second-order valence-electron chi connectivity index (χ2n) is 5.81. The van der Waals surface area contributed by atoms with E-state index in [0.717, 1.165) is 0 Å². The first-order valence-electron chi connectivity index (χ1n) is 7.39. The maximum atomic E-state index is 14.4. The van der Waals surface area contributed by atoms with Gasteiger partial charge in [0, 0.05) is 19.6 Å². The summed E-state index contributed by atoms with van der Waals surface area (Å²) in [5.41, 5.74) is 1.33. The van der Waals surface area contributed by atoms with Crippen molar-refractivity contribution in [2.75, 3.05) is 26.7 Å². The Morgan fingerprint density at radius 1 is 1.00 bits per heavy atom. The number of halogens is 1. The standard InChI is InChI=1S/C18H21FN2/c1-20-12-18(19)13-21(14-18)17(15-8-4-2-5-9-15)16-10-6-3-7-11-16/h2-11,17,20H,12-14H2,1H3. The van der Waals surface area contributed by atoms with Crippen LogP contribution in [0.2, 0.25) is 0 Å². The summed E-state index contributed by atoms with van der Waals surface area (Å²) in [6.07, 6.45) is 0. The van der Waals surface area contributed by atoms with E-state index in [1.807, 2.05) is 36.4 Å². The SMILES string of the molecule is CNCC1(F)CN(C(c2ccccc2)c2ccccc2)C1. The number of benzene rings is 2. The van der Waals surface area contributed by atoms with Crippen LogP contribution in [0.15, 0.2) is 60.7 Å². The van der Waals surface area contributed by atoms with E-state index in [0.29, 0.717) is 19.6 Å². The van der Waals surface area contributed by atoms with Gasteiger partial charge in [0.25, 0.3) is 0 Å². The van der Waals surface area contributed by atoms with Gasteiger partial charge in [0.1, 0.15) is 5.67 Å². The lowest BCUT2D eigenvalue weighted by Crippen LogP contribution is -2.63. The molecule has 0 aromatic heterocycles. The molecule has 1 N–H and O–H groups in total. The summed E-state index contributed by atoms with van der Waals surface area (Å²) in [5.74, 6) is 0. The monoisotopic (exact) mass is 284 g/mol. The minimum absolute atomic E-state index is 0.133. The van der Waals surface area contributed by atoms with Crippen LogP contribution in [0.1, 0.15) is 17.2 Å². The predicted molar refractivity (Wildman–Crippen MR) is 84.1 cm³/mol. The van der Waals surface area contributed by atoms with Gasteiger partial charge in [-0.2, -0.15) is 0 Å². The molecule has 2 nitrogen and oxygen atoms in total. The first kappa shape index (κ1) is 14.2. The van der Waals surface area contributed by atoms with Crippen molar-refractivity contribution in [2.24, 2.45) is 0 Å². The zero-order valence-electron chi connectivity index (χ0n) is 12.3. The Balaban J connectivity index is 1.85. The van der Waals surface area contributed by atoms with E-state index in [1.54, 1.807) is 7.05 Å². The third-order valence-corrected chi connectivity index (χ3v) is 4.06. The van der Waals surface area contributed by atoms with Crippen LogP contribution in [0.3, 0.4) is 0 Å². The third kappa shape index (κ3) is 2.99. The van der Waals surface area contributed by atoms with Crippen molar-refractivity contribution in [3.8, 4) is 0 Å². The summed E-state index contributed by atoms with van der Waals surface area (Å²) < 4.78 is 14.4. The van der Waals surface area contributed by atoms with Gasteiger partial charge in [-0.1, -0.05) is 60.7 Å². The van der Waals surface area contributed by atoms with Crippen LogP contribution in [0.5, 0.6) is 0 Å². The zero-order chi connectivity index (χ0) is 14.7. The largest absolute Gasteiger partial charge is 0.316 e. The molecule has 1 aliphatic rings. The van der Waals surface area contributed by atoms with Gasteiger partial charge in [-0.15, -0.1) is 0 Å². The van der Waals surface area contributed by atoms with Gasteiger partial charge < -0.3 is 5.32 Å². The Hall–Kier alpha value is -1.71. The molecule has 0 saturated carbocycles. The lowest BCUT2D eigenvalue weighted by atomic mass is 9.88. The molecule has 1 heterocycles. The Morgan fingerprint density at radius 3 is 1.90 bits per heavy atom. The van der Waals surface area contributed by atoms with Gasteiger partial charge in [-0.25, -0.2) is 4.39 Å². The highest BCUT2D eigenvalue weighted by Crippen LogP contribution is 2.37. The fourth-order valence-corrected chi connectivity index (χ4v) is 3.18. The molecule has 0 bridgehead atoms. The van der Waals surface area contributed by atoms with Crippen molar-refractivity contribution in [3.63, 3.8) is 0 Å². The summed E-state index contributed by atoms with van der Waals surface area (Å²) in [7, 11) is 1.80. The molecule has 0 radical (unpaired) electrons. The molecule has 2 aromatic rings. The molecule has 0 aliphatic carbocycles. The van der Waals surface area contributed by atoms with Crippen molar-refractivity contribution in [1.82, 2.24) is 10.2 Å². The van der Waals surface area contributed by atoms with E-state index >= 15 is 0 Å². The Morgan fingerprint density at radius 2 is 1.48 bits per heavy atom. The lowest BCUT2D eigenvalue weighted by Gasteiger charge is -2.48. The summed E-state index contributed by atoms with van der Waals surface area (Å²) in [6, 6.07) is 20.8. The van der Waals surface area contributed by atoms with Crippen molar-refractivity contribution in [1.29, 1.82) is 0 Å². The van der Waals surface area contributed by atoms with E-state index in [1.165, 1.54) is 11.1 Å². The molecular weight excluding hydrogens is 263 g/mol. The van der Waals surface area contributed by atoms with Crippen LogP contribution >= 0.6 is 0 Å². The van der Waals surface area contributed by atoms with E-state index in [2.05, 4.69) is 34.5 Å². The molecule has 3 heteroatoms. The van der Waals surface area contributed by atoms with E-state index in [-0.39, 0.29) is 6.04 Å². The maximum absolute atomic E-state index is 14.4. The predicted octanol–water partition coefficient (Wildman–Crippen LogP) is 3.02. The van der Waals surface area contributed by atoms with E-state index in [9.17, 15) is 4.39 Å². The number of likely N-dealkylation sites (tertiary alicyclic amines) is 1. The molecule has 21 heavy (non-hydrogen) atoms. The summed E-state index contributed by atoms with van der Waals surface area (Å²) in [6.45, 7) is 1.37. The Labute approximate surface area is 125 Å². The molecular formula is C18H21FN2. The van der Waals surface area contributed by atoms with Crippen molar-refractivity contribution >= 4 is 0 Å². The minimum Gasteiger partial charge on any atom is -0.316 e. The highest BCUT2D eigenvalue weighted by molar-refractivity contribution is 5.33. The average Bonchev–Trinajstić information content (AvgIpc) is 2.48. The molecule has 1 saturated heterocycles. The first-order valence-corrected chi connectivity index (χ1v) is 7.39. The van der Waals surface area contributed by atoms with Gasteiger partial charge in [-0.3, -0.25) is 4.90 Å². The van der Waals surface area contributed by atoms with Gasteiger partial charge >= 0.3 is 0 Å². The van der Waals surface area contributed by atoms with Crippen LogP contribution in [-0.2, 0) is 0 Å². The topological polar surface area (TPSA) is 15.3 Å². The molecule has 0 amide bonds. The number of hydrogen-bond acceptors (Lipinski definition) is 2. The fraction of sp³-hybridized carbons (Fsp3) is 0.333. The molecule has 110 valence electrons. The van der Waals surface area contributed by atoms with Crippen molar-refractivity contribution in [3.05, 3.63) is 71.8 Å². The van der Waals surface area contributed by atoms with Gasteiger partial charge in [-0.05, 0) is 18.2 Å². The van der Waals surface area contributed by atoms with Crippen LogP contribution in [0, 0.1) is 0 Å².